The molecule has 0 saturated carbocycles. The summed E-state index contributed by atoms with van der Waals surface area (Å²) in [5.74, 6) is 0.887. The number of rotatable bonds is 3. The van der Waals surface area contributed by atoms with E-state index in [-0.39, 0.29) is 35.5 Å². The van der Waals surface area contributed by atoms with Gasteiger partial charge in [-0.3, -0.25) is 0 Å². The summed E-state index contributed by atoms with van der Waals surface area (Å²) in [5, 5.41) is 0. The number of hydrogen-bond acceptors (Lipinski definition) is 0. The molecule has 0 aromatic rings. The summed E-state index contributed by atoms with van der Waals surface area (Å²) in [6.45, 7) is 8.27. The van der Waals surface area contributed by atoms with Crippen molar-refractivity contribution in [3.05, 3.63) is 6.92 Å². The van der Waals surface area contributed by atoms with E-state index in [1.54, 1.807) is 0 Å². The standard InChI is InChI=1S/C7H15.ClH.Mg/c1-4-6-7(3)5-2;;/h7H,1,4-6H2,2-3H3;1H;/q-1;;+2/p-1. The van der Waals surface area contributed by atoms with Crippen molar-refractivity contribution in [1.29, 1.82) is 0 Å². The summed E-state index contributed by atoms with van der Waals surface area (Å²) in [4.78, 5) is 0. The van der Waals surface area contributed by atoms with Crippen LogP contribution in [0.3, 0.4) is 0 Å². The van der Waals surface area contributed by atoms with E-state index in [0.29, 0.717) is 0 Å². The Bertz CT molecular complexity index is 39.9. The van der Waals surface area contributed by atoms with Gasteiger partial charge in [-0.15, -0.1) is 0 Å². The minimum absolute atomic E-state index is 0. The Balaban J connectivity index is -0.000000180. The molecule has 0 saturated heterocycles. The van der Waals surface area contributed by atoms with Gasteiger partial charge in [-0.1, -0.05) is 26.7 Å². The van der Waals surface area contributed by atoms with Crippen molar-refractivity contribution < 1.29 is 12.4 Å². The molecule has 2 heteroatoms. The molecule has 0 aliphatic carbocycles. The number of hydrogen-bond donors (Lipinski definition) is 0. The Hall–Kier alpha value is 1.06. The van der Waals surface area contributed by atoms with Gasteiger partial charge in [-0.2, -0.15) is 6.42 Å². The van der Waals surface area contributed by atoms with E-state index in [9.17, 15) is 0 Å². The molecule has 0 heterocycles. The van der Waals surface area contributed by atoms with E-state index in [2.05, 4.69) is 20.8 Å². The first-order chi connectivity index (χ1) is 3.31. The van der Waals surface area contributed by atoms with Gasteiger partial charge in [-0.05, 0) is 5.92 Å². The molecule has 0 bridgehead atoms. The van der Waals surface area contributed by atoms with Crippen LogP contribution in [-0.2, 0) is 0 Å². The van der Waals surface area contributed by atoms with Crippen molar-refractivity contribution in [2.24, 2.45) is 5.92 Å². The molecule has 0 spiro atoms. The van der Waals surface area contributed by atoms with Gasteiger partial charge < -0.3 is 19.3 Å². The topological polar surface area (TPSA) is 0 Å². The first-order valence-corrected chi connectivity index (χ1v) is 3.10. The number of halogens is 1. The van der Waals surface area contributed by atoms with Gasteiger partial charge in [0, 0.05) is 0 Å². The van der Waals surface area contributed by atoms with Crippen LogP contribution in [0.25, 0.3) is 0 Å². The van der Waals surface area contributed by atoms with Crippen LogP contribution in [0.1, 0.15) is 33.1 Å². The third-order valence-corrected chi connectivity index (χ3v) is 1.39. The fraction of sp³-hybridized carbons (Fsp3) is 0.857. The Labute approximate surface area is 81.4 Å². The Morgan fingerprint density at radius 1 is 1.44 bits per heavy atom. The average molecular weight is 159 g/mol. The molecular weight excluding hydrogens is 144 g/mol. The molecule has 0 amide bonds. The molecule has 1 atom stereocenters. The van der Waals surface area contributed by atoms with Crippen molar-refractivity contribution >= 4 is 23.1 Å². The molecule has 0 nitrogen and oxygen atoms in total. The smallest absolute Gasteiger partial charge is 1.00 e. The minimum atomic E-state index is 0. The molecule has 0 radical (unpaired) electrons. The van der Waals surface area contributed by atoms with Crippen LogP contribution >= 0.6 is 0 Å². The van der Waals surface area contributed by atoms with Crippen LogP contribution in [0.4, 0.5) is 0 Å². The molecule has 1 unspecified atom stereocenters. The molecule has 0 aliphatic heterocycles. The molecule has 52 valence electrons. The normalized spacial score (nSPS) is 11.0. The molecule has 0 aromatic heterocycles. The van der Waals surface area contributed by atoms with Crippen molar-refractivity contribution in [2.75, 3.05) is 0 Å². The van der Waals surface area contributed by atoms with Crippen LogP contribution in [0.5, 0.6) is 0 Å². The maximum Gasteiger partial charge on any atom is 2.00 e. The van der Waals surface area contributed by atoms with Gasteiger partial charge in [0.2, 0.25) is 0 Å². The predicted octanol–water partition coefficient (Wildman–Crippen LogP) is -0.730. The second-order valence-corrected chi connectivity index (χ2v) is 2.16. The Morgan fingerprint density at radius 3 is 2.00 bits per heavy atom. The summed E-state index contributed by atoms with van der Waals surface area (Å²) in [6.07, 6.45) is 3.68. The average Bonchev–Trinajstić information content (AvgIpc) is 1.68. The summed E-state index contributed by atoms with van der Waals surface area (Å²) < 4.78 is 0. The van der Waals surface area contributed by atoms with Crippen LogP contribution in [0.2, 0.25) is 0 Å². The van der Waals surface area contributed by atoms with Crippen LogP contribution in [-0.4, -0.2) is 23.1 Å². The fourth-order valence-electron chi connectivity index (χ4n) is 0.553. The van der Waals surface area contributed by atoms with Gasteiger partial charge in [0.25, 0.3) is 0 Å². The van der Waals surface area contributed by atoms with E-state index in [4.69, 9.17) is 0 Å². The zero-order valence-electron chi connectivity index (χ0n) is 6.49. The second kappa shape index (κ2) is 11.8. The first-order valence-electron chi connectivity index (χ1n) is 3.10. The van der Waals surface area contributed by atoms with E-state index in [1.807, 2.05) is 0 Å². The largest absolute Gasteiger partial charge is 2.00 e. The molecule has 0 aromatic carbocycles. The Morgan fingerprint density at radius 2 is 1.89 bits per heavy atom. The second-order valence-electron chi connectivity index (χ2n) is 2.16. The minimum Gasteiger partial charge on any atom is -1.00 e. The monoisotopic (exact) mass is 158 g/mol. The quantitative estimate of drug-likeness (QED) is 0.376. The maximum atomic E-state index is 3.77. The first kappa shape index (κ1) is 16.6. The van der Waals surface area contributed by atoms with Crippen molar-refractivity contribution in [3.8, 4) is 0 Å². The summed E-state index contributed by atoms with van der Waals surface area (Å²) in [7, 11) is 0. The van der Waals surface area contributed by atoms with E-state index < -0.39 is 0 Å². The third kappa shape index (κ3) is 12.3. The van der Waals surface area contributed by atoms with Gasteiger partial charge in [0.15, 0.2) is 0 Å². The SMILES string of the molecule is [CH2-]CCC(C)CC.[Cl-].[Mg+2]. The molecular formula is C7H15ClMg. The van der Waals surface area contributed by atoms with Crippen molar-refractivity contribution in [2.45, 2.75) is 33.1 Å². The van der Waals surface area contributed by atoms with Crippen LogP contribution in [0.15, 0.2) is 0 Å². The Kier molecular flexibility index (Phi) is 21.7. The molecule has 9 heavy (non-hydrogen) atoms. The van der Waals surface area contributed by atoms with Gasteiger partial charge in [0.1, 0.15) is 0 Å². The summed E-state index contributed by atoms with van der Waals surface area (Å²) >= 11 is 0. The molecule has 0 rings (SSSR count). The fourth-order valence-corrected chi connectivity index (χ4v) is 0.553. The predicted molar refractivity (Wildman–Crippen MR) is 39.8 cm³/mol. The third-order valence-electron chi connectivity index (χ3n) is 1.39. The molecule has 0 fully saturated rings. The summed E-state index contributed by atoms with van der Waals surface area (Å²) in [6, 6.07) is 0. The van der Waals surface area contributed by atoms with Crippen molar-refractivity contribution in [1.82, 2.24) is 0 Å². The molecule has 0 N–H and O–H groups in total. The summed E-state index contributed by atoms with van der Waals surface area (Å²) in [5.41, 5.74) is 0. The zero-order valence-corrected chi connectivity index (χ0v) is 8.66. The van der Waals surface area contributed by atoms with Crippen LogP contribution in [0, 0.1) is 12.8 Å². The van der Waals surface area contributed by atoms with Gasteiger partial charge in [0.05, 0.1) is 0 Å². The zero-order chi connectivity index (χ0) is 5.70. The van der Waals surface area contributed by atoms with Crippen molar-refractivity contribution in [3.63, 3.8) is 0 Å². The maximum absolute atomic E-state index is 3.77. The molecule has 0 aliphatic rings. The van der Waals surface area contributed by atoms with Gasteiger partial charge >= 0.3 is 23.1 Å². The van der Waals surface area contributed by atoms with E-state index in [0.717, 1.165) is 12.3 Å². The van der Waals surface area contributed by atoms with E-state index in [1.165, 1.54) is 12.8 Å². The van der Waals surface area contributed by atoms with E-state index >= 15 is 0 Å². The van der Waals surface area contributed by atoms with Crippen LogP contribution < -0.4 is 12.4 Å². The van der Waals surface area contributed by atoms with Gasteiger partial charge in [-0.25, -0.2) is 0 Å².